The topological polar surface area (TPSA) is 44.7 Å². The van der Waals surface area contributed by atoms with Gasteiger partial charge in [-0.25, -0.2) is 0 Å². The highest BCUT2D eigenvalue weighted by Gasteiger charge is 2.25. The van der Waals surface area contributed by atoms with E-state index in [4.69, 9.17) is 0 Å². The van der Waals surface area contributed by atoms with Crippen molar-refractivity contribution in [3.8, 4) is 5.75 Å². The quantitative estimate of drug-likeness (QED) is 0.626. The summed E-state index contributed by atoms with van der Waals surface area (Å²) in [4.78, 5) is 0. The van der Waals surface area contributed by atoms with Crippen LogP contribution in [0.4, 0.5) is 8.78 Å². The molecule has 1 unspecified atom stereocenters. The first-order valence-corrected chi connectivity index (χ1v) is 6.41. The second-order valence-electron chi connectivity index (χ2n) is 4.51. The predicted molar refractivity (Wildman–Crippen MR) is 68.6 cm³/mol. The summed E-state index contributed by atoms with van der Waals surface area (Å²) in [5.74, 6) is 0.0159. The van der Waals surface area contributed by atoms with Crippen molar-refractivity contribution in [1.82, 2.24) is 0 Å². The predicted octanol–water partition coefficient (Wildman–Crippen LogP) is 3.17. The molecule has 100 valence electrons. The zero-order valence-electron chi connectivity index (χ0n) is 10.4. The van der Waals surface area contributed by atoms with Crippen molar-refractivity contribution in [2.75, 3.05) is 0 Å². The molecule has 1 rings (SSSR count). The van der Waals surface area contributed by atoms with Crippen molar-refractivity contribution in [2.24, 2.45) is 4.40 Å². The molecule has 0 N–H and O–H groups in total. The lowest BCUT2D eigenvalue weighted by Gasteiger charge is -2.17. The van der Waals surface area contributed by atoms with Crippen LogP contribution < -0.4 is 4.74 Å². The molecule has 0 aliphatic heterocycles. The normalized spacial score (nSPS) is 14.2. The van der Waals surface area contributed by atoms with Gasteiger partial charge in [-0.1, -0.05) is 16.5 Å². The van der Waals surface area contributed by atoms with Gasteiger partial charge in [-0.05, 0) is 32.9 Å². The maximum absolute atomic E-state index is 12.2. The van der Waals surface area contributed by atoms with Crippen LogP contribution in [-0.4, -0.2) is 22.1 Å². The molecular formula is C12H15F2NO2S. The van der Waals surface area contributed by atoms with Crippen LogP contribution in [0.2, 0.25) is 0 Å². The zero-order valence-corrected chi connectivity index (χ0v) is 11.2. The van der Waals surface area contributed by atoms with E-state index in [2.05, 4.69) is 9.13 Å². The minimum atomic E-state index is -2.90. The van der Waals surface area contributed by atoms with E-state index >= 15 is 0 Å². The van der Waals surface area contributed by atoms with Gasteiger partial charge in [-0.2, -0.15) is 8.78 Å². The Morgan fingerprint density at radius 1 is 1.33 bits per heavy atom. The number of nitrogens with zero attached hydrogens (tertiary/aromatic N) is 1. The molecule has 0 saturated heterocycles. The summed E-state index contributed by atoms with van der Waals surface area (Å²) in [6, 6.07) is 6.23. The van der Waals surface area contributed by atoms with E-state index in [0.29, 0.717) is 5.56 Å². The summed E-state index contributed by atoms with van der Waals surface area (Å²) in [5, 5.41) is 0. The Balaban J connectivity index is 2.87. The van der Waals surface area contributed by atoms with Crippen molar-refractivity contribution in [3.63, 3.8) is 0 Å². The standard InChI is InChI=1S/C12H15F2NO2S/c1-12(2,3)18(16)15-8-9-6-4-5-7-10(9)17-11(13)14/h4-8,11H,1-3H3/b15-8+. The Bertz CT molecular complexity index is 419. The summed E-state index contributed by atoms with van der Waals surface area (Å²) >= 11 is -1.43. The lowest BCUT2D eigenvalue weighted by Crippen LogP contribution is -2.25. The average Bonchev–Trinajstić information content (AvgIpc) is 2.25. The number of alkyl halides is 2. The van der Waals surface area contributed by atoms with Gasteiger partial charge in [0.2, 0.25) is 0 Å². The van der Waals surface area contributed by atoms with E-state index in [1.807, 2.05) is 0 Å². The molecule has 18 heavy (non-hydrogen) atoms. The van der Waals surface area contributed by atoms with E-state index in [1.165, 1.54) is 12.3 Å². The van der Waals surface area contributed by atoms with Crippen LogP contribution in [0.1, 0.15) is 26.3 Å². The minimum Gasteiger partial charge on any atom is -0.591 e. The van der Waals surface area contributed by atoms with Crippen molar-refractivity contribution in [1.29, 1.82) is 0 Å². The molecule has 0 saturated carbocycles. The van der Waals surface area contributed by atoms with E-state index in [9.17, 15) is 13.3 Å². The number of hydrogen-bond acceptors (Lipinski definition) is 3. The van der Waals surface area contributed by atoms with Crippen LogP contribution in [0, 0.1) is 0 Å². The van der Waals surface area contributed by atoms with Crippen LogP contribution in [0.25, 0.3) is 0 Å². The molecule has 0 heterocycles. The highest BCUT2D eigenvalue weighted by molar-refractivity contribution is 7.91. The first-order chi connectivity index (χ1) is 8.30. The lowest BCUT2D eigenvalue weighted by molar-refractivity contribution is -0.0499. The lowest BCUT2D eigenvalue weighted by atomic mass is 10.2. The fourth-order valence-corrected chi connectivity index (χ4v) is 1.58. The molecule has 0 aliphatic rings. The Morgan fingerprint density at radius 3 is 2.50 bits per heavy atom. The first-order valence-electron chi connectivity index (χ1n) is 5.30. The molecule has 0 amide bonds. The van der Waals surface area contributed by atoms with Crippen LogP contribution >= 0.6 is 0 Å². The fraction of sp³-hybridized carbons (Fsp3) is 0.417. The summed E-state index contributed by atoms with van der Waals surface area (Å²) in [7, 11) is 0. The monoisotopic (exact) mass is 275 g/mol. The van der Waals surface area contributed by atoms with E-state index in [-0.39, 0.29) is 5.75 Å². The molecule has 0 aliphatic carbocycles. The van der Waals surface area contributed by atoms with Gasteiger partial charge in [0.25, 0.3) is 0 Å². The number of ether oxygens (including phenoxy) is 1. The molecule has 0 fully saturated rings. The second-order valence-corrected chi connectivity index (χ2v) is 6.45. The number of rotatable bonds is 4. The fourth-order valence-electron chi connectivity index (χ4n) is 1.05. The average molecular weight is 275 g/mol. The third-order valence-corrected chi connectivity index (χ3v) is 3.29. The van der Waals surface area contributed by atoms with Crippen molar-refractivity contribution < 1.29 is 18.1 Å². The van der Waals surface area contributed by atoms with Gasteiger partial charge >= 0.3 is 6.61 Å². The maximum atomic E-state index is 12.2. The smallest absolute Gasteiger partial charge is 0.387 e. The molecule has 3 nitrogen and oxygen atoms in total. The van der Waals surface area contributed by atoms with Crippen LogP contribution in [-0.2, 0) is 11.4 Å². The van der Waals surface area contributed by atoms with Gasteiger partial charge in [-0.3, -0.25) is 0 Å². The highest BCUT2D eigenvalue weighted by atomic mass is 32.2. The summed E-state index contributed by atoms with van der Waals surface area (Å²) in [5.41, 5.74) is 0.371. The molecular weight excluding hydrogens is 260 g/mol. The van der Waals surface area contributed by atoms with Gasteiger partial charge in [0.1, 0.15) is 21.9 Å². The van der Waals surface area contributed by atoms with Gasteiger partial charge in [0.05, 0.1) is 6.21 Å². The van der Waals surface area contributed by atoms with Crippen LogP contribution in [0.5, 0.6) is 5.75 Å². The molecule has 1 atom stereocenters. The van der Waals surface area contributed by atoms with Crippen molar-refractivity contribution in [3.05, 3.63) is 29.8 Å². The zero-order chi connectivity index (χ0) is 13.8. The van der Waals surface area contributed by atoms with E-state index < -0.39 is 22.7 Å². The number of benzene rings is 1. The van der Waals surface area contributed by atoms with Crippen LogP contribution in [0.3, 0.4) is 0 Å². The third kappa shape index (κ3) is 4.62. The molecule has 1 aromatic rings. The Kier molecular flexibility index (Phi) is 5.10. The summed E-state index contributed by atoms with van der Waals surface area (Å²) < 4.78 is 43.7. The SMILES string of the molecule is CC(C)(C)[S+]([O-])/N=C/c1ccccc1OC(F)F. The largest absolute Gasteiger partial charge is 0.591 e. The van der Waals surface area contributed by atoms with Crippen molar-refractivity contribution in [2.45, 2.75) is 32.1 Å². The first kappa shape index (κ1) is 14.9. The molecule has 0 radical (unpaired) electrons. The molecule has 0 spiro atoms. The van der Waals surface area contributed by atoms with Gasteiger partial charge in [-0.15, -0.1) is 0 Å². The Hall–Kier alpha value is -1.14. The molecule has 6 heteroatoms. The summed E-state index contributed by atoms with van der Waals surface area (Å²) in [6.07, 6.45) is 1.29. The van der Waals surface area contributed by atoms with E-state index in [1.54, 1.807) is 39.0 Å². The maximum Gasteiger partial charge on any atom is 0.387 e. The van der Waals surface area contributed by atoms with Gasteiger partial charge in [0, 0.05) is 5.56 Å². The number of para-hydroxylation sites is 1. The summed E-state index contributed by atoms with van der Waals surface area (Å²) in [6.45, 7) is 2.44. The van der Waals surface area contributed by atoms with Gasteiger partial charge < -0.3 is 9.29 Å². The Labute approximate surface area is 108 Å². The molecule has 0 aromatic heterocycles. The highest BCUT2D eigenvalue weighted by Crippen LogP contribution is 2.21. The van der Waals surface area contributed by atoms with Gasteiger partial charge in [0.15, 0.2) is 0 Å². The second kappa shape index (κ2) is 6.15. The Morgan fingerprint density at radius 2 is 1.94 bits per heavy atom. The van der Waals surface area contributed by atoms with Crippen LogP contribution in [0.15, 0.2) is 28.7 Å². The number of hydrogen-bond donors (Lipinski definition) is 0. The number of halogens is 2. The third-order valence-electron chi connectivity index (χ3n) is 1.95. The minimum absolute atomic E-state index is 0.0159. The molecule has 0 bridgehead atoms. The molecule has 1 aromatic carbocycles. The van der Waals surface area contributed by atoms with Crippen molar-refractivity contribution >= 4 is 17.6 Å². The van der Waals surface area contributed by atoms with E-state index in [0.717, 1.165) is 0 Å².